The largest absolute Gasteiger partial charge is 0.253 e. The van der Waals surface area contributed by atoms with Gasteiger partial charge in [0.25, 0.3) is 0 Å². The van der Waals surface area contributed by atoms with Crippen LogP contribution >= 0.6 is 0 Å². The summed E-state index contributed by atoms with van der Waals surface area (Å²) >= 11 is 0. The number of hydrogen-bond donors (Lipinski definition) is 0. The second-order valence-corrected chi connectivity index (χ2v) is 12.4. The van der Waals surface area contributed by atoms with Crippen LogP contribution < -0.4 is 0 Å². The molecule has 0 aliphatic heterocycles. The summed E-state index contributed by atoms with van der Waals surface area (Å²) < 4.78 is 0. The highest BCUT2D eigenvalue weighted by Gasteiger charge is 2.17. The van der Waals surface area contributed by atoms with Crippen molar-refractivity contribution >= 4 is 0 Å². The average molecular weight is 655 g/mol. The first-order valence-electron chi connectivity index (χ1n) is 17.0. The van der Waals surface area contributed by atoms with Gasteiger partial charge < -0.3 is 0 Å². The summed E-state index contributed by atoms with van der Waals surface area (Å²) in [6, 6.07) is 58.9. The summed E-state index contributed by atoms with van der Waals surface area (Å²) in [4.78, 5) is 20.0. The summed E-state index contributed by atoms with van der Waals surface area (Å²) in [5.74, 6) is 1.67. The van der Waals surface area contributed by atoms with Crippen molar-refractivity contribution in [3.8, 4) is 78.8 Å². The Hall–Kier alpha value is -6.78. The van der Waals surface area contributed by atoms with Crippen LogP contribution in [0, 0.1) is 0 Å². The Labute approximate surface area is 298 Å². The topological polar surface area (TPSA) is 51.6 Å². The molecular formula is C47H34N4. The first-order valence-corrected chi connectivity index (χ1v) is 17.0. The highest BCUT2D eigenvalue weighted by atomic mass is 15.0. The Bertz CT molecular complexity index is 2380. The van der Waals surface area contributed by atoms with Crippen molar-refractivity contribution < 1.29 is 0 Å². The predicted molar refractivity (Wildman–Crippen MR) is 210 cm³/mol. The molecular weight excluding hydrogens is 621 g/mol. The highest BCUT2D eigenvalue weighted by Crippen LogP contribution is 2.36. The van der Waals surface area contributed by atoms with Crippen molar-refractivity contribution in [3.05, 3.63) is 194 Å². The number of pyridine rings is 1. The molecule has 4 nitrogen and oxygen atoms in total. The van der Waals surface area contributed by atoms with Crippen LogP contribution in [-0.4, -0.2) is 19.9 Å². The van der Waals surface area contributed by atoms with Crippen molar-refractivity contribution in [2.45, 2.75) is 6.42 Å². The molecule has 0 spiro atoms. The smallest absolute Gasteiger partial charge is 0.182 e. The van der Waals surface area contributed by atoms with E-state index >= 15 is 0 Å². The molecule has 2 heterocycles. The maximum Gasteiger partial charge on any atom is 0.182 e. The van der Waals surface area contributed by atoms with Crippen molar-refractivity contribution in [1.82, 2.24) is 19.9 Å². The van der Waals surface area contributed by atoms with E-state index < -0.39 is 0 Å². The van der Waals surface area contributed by atoms with Gasteiger partial charge in [0, 0.05) is 17.3 Å². The third kappa shape index (κ3) is 7.03. The Morgan fingerprint density at radius 1 is 0.373 bits per heavy atom. The third-order valence-electron chi connectivity index (χ3n) is 8.87. The van der Waals surface area contributed by atoms with Gasteiger partial charge in [0.15, 0.2) is 17.5 Å². The van der Waals surface area contributed by atoms with Crippen molar-refractivity contribution in [3.63, 3.8) is 0 Å². The molecule has 0 N–H and O–H groups in total. The lowest BCUT2D eigenvalue weighted by Crippen LogP contribution is -2.02. The van der Waals surface area contributed by atoms with Crippen LogP contribution in [0.3, 0.4) is 0 Å². The molecule has 0 aliphatic carbocycles. The number of aromatic nitrogens is 4. The zero-order valence-corrected chi connectivity index (χ0v) is 28.0. The number of nitrogens with zero attached hydrogens (tertiary/aromatic N) is 4. The monoisotopic (exact) mass is 654 g/mol. The van der Waals surface area contributed by atoms with Crippen LogP contribution in [0.5, 0.6) is 0 Å². The van der Waals surface area contributed by atoms with Crippen LogP contribution in [0.4, 0.5) is 0 Å². The summed E-state index contributed by atoms with van der Waals surface area (Å²) in [6.07, 6.45) is 4.51. The molecule has 0 amide bonds. The van der Waals surface area contributed by atoms with E-state index in [1.54, 1.807) is 6.20 Å². The van der Waals surface area contributed by atoms with Crippen LogP contribution in [-0.2, 0) is 6.42 Å². The summed E-state index contributed by atoms with van der Waals surface area (Å²) in [5.41, 5.74) is 12.5. The molecule has 8 aromatic rings. The second kappa shape index (κ2) is 14.4. The molecule has 0 radical (unpaired) electrons. The summed E-state index contributed by atoms with van der Waals surface area (Å²) in [5, 5.41) is 0. The first kappa shape index (κ1) is 31.5. The Kier molecular flexibility index (Phi) is 8.87. The fourth-order valence-corrected chi connectivity index (χ4v) is 6.36. The number of benzene rings is 6. The van der Waals surface area contributed by atoms with Gasteiger partial charge in [0.05, 0.1) is 0 Å². The molecule has 8 rings (SSSR count). The molecule has 242 valence electrons. The van der Waals surface area contributed by atoms with Gasteiger partial charge in [-0.05, 0) is 105 Å². The van der Waals surface area contributed by atoms with Crippen molar-refractivity contribution in [2.75, 3.05) is 0 Å². The summed E-state index contributed by atoms with van der Waals surface area (Å²) in [7, 11) is 0. The van der Waals surface area contributed by atoms with E-state index in [0.717, 1.165) is 62.1 Å². The SMILES string of the molecule is C=CCc1cccc(-c2cc(-c3ccccc3)cc(-c3nc(-c4cc(-c5ccccc5)cc(-c5ccccc5)c4)nc(-c4ccccn4)n3)c2)c1. The number of rotatable bonds is 9. The van der Waals surface area contributed by atoms with Crippen molar-refractivity contribution in [1.29, 1.82) is 0 Å². The Morgan fingerprint density at radius 2 is 0.804 bits per heavy atom. The lowest BCUT2D eigenvalue weighted by Gasteiger charge is -2.14. The van der Waals surface area contributed by atoms with E-state index in [4.69, 9.17) is 15.0 Å². The highest BCUT2D eigenvalue weighted by molar-refractivity contribution is 5.82. The molecule has 51 heavy (non-hydrogen) atoms. The van der Waals surface area contributed by atoms with Gasteiger partial charge in [0.1, 0.15) is 5.69 Å². The molecule has 0 unspecified atom stereocenters. The van der Waals surface area contributed by atoms with Gasteiger partial charge in [-0.3, -0.25) is 4.98 Å². The Morgan fingerprint density at radius 3 is 1.27 bits per heavy atom. The van der Waals surface area contributed by atoms with Gasteiger partial charge in [-0.15, -0.1) is 6.58 Å². The quantitative estimate of drug-likeness (QED) is 0.145. The van der Waals surface area contributed by atoms with Crippen LogP contribution in [0.2, 0.25) is 0 Å². The summed E-state index contributed by atoms with van der Waals surface area (Å²) in [6.45, 7) is 3.95. The normalized spacial score (nSPS) is 10.9. The lowest BCUT2D eigenvalue weighted by molar-refractivity contribution is 1.06. The van der Waals surface area contributed by atoms with Crippen LogP contribution in [0.1, 0.15) is 5.56 Å². The molecule has 0 fully saturated rings. The molecule has 2 aromatic heterocycles. The van der Waals surface area contributed by atoms with Gasteiger partial charge in [-0.25, -0.2) is 15.0 Å². The molecule has 0 saturated heterocycles. The fourth-order valence-electron chi connectivity index (χ4n) is 6.36. The molecule has 0 aliphatic rings. The molecule has 6 aromatic carbocycles. The first-order chi connectivity index (χ1) is 25.2. The lowest BCUT2D eigenvalue weighted by atomic mass is 9.94. The molecule has 0 bridgehead atoms. The molecule has 0 saturated carbocycles. The minimum atomic E-state index is 0.515. The maximum absolute atomic E-state index is 5.22. The maximum atomic E-state index is 5.22. The van der Waals surface area contributed by atoms with E-state index in [9.17, 15) is 0 Å². The second-order valence-electron chi connectivity index (χ2n) is 12.4. The number of hydrogen-bond acceptors (Lipinski definition) is 4. The van der Waals surface area contributed by atoms with Gasteiger partial charge >= 0.3 is 0 Å². The predicted octanol–water partition coefficient (Wildman–Crippen LogP) is 11.7. The van der Waals surface area contributed by atoms with E-state index in [2.05, 4.69) is 145 Å². The van der Waals surface area contributed by atoms with Gasteiger partial charge in [0.2, 0.25) is 0 Å². The standard InChI is InChI=1S/C47H34N4/c1-2-15-33-16-14-23-37(26-33)41-28-40(36-21-10-5-11-22-36)31-43(32-41)46-49-45(50-47(51-46)44-24-12-13-25-48-44)42-29-38(34-17-6-3-7-18-34)27-39(30-42)35-19-8-4-9-20-35/h2-14,16-32H,1,15H2. The van der Waals surface area contributed by atoms with Crippen molar-refractivity contribution in [2.24, 2.45) is 0 Å². The zero-order valence-electron chi connectivity index (χ0n) is 28.0. The van der Waals surface area contributed by atoms with Crippen LogP contribution in [0.15, 0.2) is 189 Å². The van der Waals surface area contributed by atoms with Gasteiger partial charge in [-0.1, -0.05) is 127 Å². The third-order valence-corrected chi connectivity index (χ3v) is 8.87. The van der Waals surface area contributed by atoms with Gasteiger partial charge in [-0.2, -0.15) is 0 Å². The molecule has 4 heteroatoms. The minimum absolute atomic E-state index is 0.515. The van der Waals surface area contributed by atoms with E-state index in [-0.39, 0.29) is 0 Å². The fraction of sp³-hybridized carbons (Fsp3) is 0.0213. The van der Waals surface area contributed by atoms with E-state index in [0.29, 0.717) is 23.2 Å². The zero-order chi connectivity index (χ0) is 34.4. The van der Waals surface area contributed by atoms with E-state index in [1.165, 1.54) is 5.56 Å². The van der Waals surface area contributed by atoms with E-state index in [1.807, 2.05) is 42.5 Å². The Balaban J connectivity index is 1.36. The van der Waals surface area contributed by atoms with Crippen LogP contribution in [0.25, 0.3) is 78.8 Å². The average Bonchev–Trinajstić information content (AvgIpc) is 3.22. The minimum Gasteiger partial charge on any atom is -0.253 e. The number of allylic oxidation sites excluding steroid dienone is 1. The molecule has 0 atom stereocenters.